The molecule has 0 bridgehead atoms. The van der Waals surface area contributed by atoms with E-state index < -0.39 is 21.1 Å². The molecule has 2 aromatic rings. The maximum atomic E-state index is 11.8. The van der Waals surface area contributed by atoms with Gasteiger partial charge in [-0.2, -0.15) is 13.5 Å². The summed E-state index contributed by atoms with van der Waals surface area (Å²) in [5.74, 6) is -0.561. The molecule has 10 heteroatoms. The fourth-order valence-electron chi connectivity index (χ4n) is 1.43. The van der Waals surface area contributed by atoms with E-state index in [-0.39, 0.29) is 16.3 Å². The van der Waals surface area contributed by atoms with Gasteiger partial charge < -0.3 is 4.42 Å². The zero-order valence-electron chi connectivity index (χ0n) is 10.7. The number of nitrogens with one attached hydrogen (secondary N) is 1. The van der Waals surface area contributed by atoms with Crippen LogP contribution in [-0.4, -0.2) is 25.1 Å². The van der Waals surface area contributed by atoms with Crippen LogP contribution in [0, 0.1) is 0 Å². The van der Waals surface area contributed by atoms with Crippen molar-refractivity contribution in [2.45, 2.75) is 5.09 Å². The highest BCUT2D eigenvalue weighted by Gasteiger charge is 2.14. The highest BCUT2D eigenvalue weighted by Crippen LogP contribution is 2.20. The molecule has 1 amide bonds. The Balaban J connectivity index is 2.06. The number of hydrogen-bond acceptors (Lipinski definition) is 5. The van der Waals surface area contributed by atoms with Gasteiger partial charge in [-0.15, -0.1) is 0 Å². The molecular weight excluding hydrogens is 355 g/mol. The first-order valence-corrected chi connectivity index (χ1v) is 7.83. The topological polar surface area (TPSA) is 109 Å². The Labute approximate surface area is 135 Å². The monoisotopic (exact) mass is 362 g/mol. The lowest BCUT2D eigenvalue weighted by Crippen LogP contribution is -2.17. The second-order valence-electron chi connectivity index (χ2n) is 3.96. The number of nitrogens with zero attached hydrogens (tertiary/aromatic N) is 1. The molecule has 0 unspecified atom stereocenters. The van der Waals surface area contributed by atoms with Crippen LogP contribution in [0.15, 0.2) is 44.9 Å². The lowest BCUT2D eigenvalue weighted by atomic mass is 10.2. The number of furan rings is 1. The van der Waals surface area contributed by atoms with E-state index in [2.05, 4.69) is 10.5 Å². The van der Waals surface area contributed by atoms with Gasteiger partial charge in [0, 0.05) is 5.02 Å². The van der Waals surface area contributed by atoms with Crippen LogP contribution in [0.1, 0.15) is 16.1 Å². The summed E-state index contributed by atoms with van der Waals surface area (Å²) in [6, 6.07) is 6.64. The molecular formula is C12H8Cl2N2O5S. The lowest BCUT2D eigenvalue weighted by Gasteiger charge is -2.02. The van der Waals surface area contributed by atoms with Gasteiger partial charge in [-0.1, -0.05) is 23.2 Å². The third-order valence-electron chi connectivity index (χ3n) is 2.39. The summed E-state index contributed by atoms with van der Waals surface area (Å²) in [7, 11) is -4.42. The summed E-state index contributed by atoms with van der Waals surface area (Å²) in [5, 5.41) is 3.51. The molecule has 0 radical (unpaired) electrons. The smallest absolute Gasteiger partial charge is 0.328 e. The van der Waals surface area contributed by atoms with Crippen molar-refractivity contribution in [3.63, 3.8) is 0 Å². The van der Waals surface area contributed by atoms with Crippen molar-refractivity contribution in [1.82, 2.24) is 5.43 Å². The normalized spacial score (nSPS) is 11.8. The van der Waals surface area contributed by atoms with Gasteiger partial charge in [-0.05, 0) is 30.3 Å². The number of hydrazone groups is 1. The number of carbonyl (C=O) groups is 1. The molecule has 0 aliphatic heterocycles. The highest BCUT2D eigenvalue weighted by atomic mass is 35.5. The van der Waals surface area contributed by atoms with Gasteiger partial charge in [0.2, 0.25) is 5.09 Å². The minimum Gasteiger partial charge on any atom is -0.441 e. The third-order valence-corrected chi connectivity index (χ3v) is 3.67. The molecule has 0 saturated heterocycles. The molecule has 0 atom stereocenters. The van der Waals surface area contributed by atoms with Gasteiger partial charge in [0.25, 0.3) is 5.91 Å². The van der Waals surface area contributed by atoms with Crippen molar-refractivity contribution in [1.29, 1.82) is 0 Å². The SMILES string of the molecule is O=C(N/N=C\c1ccc(S(=O)(=O)O)o1)c1ccc(Cl)cc1Cl. The van der Waals surface area contributed by atoms with Crippen LogP contribution in [0.5, 0.6) is 0 Å². The second-order valence-corrected chi connectivity index (χ2v) is 6.15. The van der Waals surface area contributed by atoms with Gasteiger partial charge in [-0.3, -0.25) is 9.35 Å². The Morgan fingerprint density at radius 3 is 2.59 bits per heavy atom. The predicted octanol–water partition coefficient (Wildman–Crippen LogP) is 2.60. The van der Waals surface area contributed by atoms with Crippen LogP contribution in [0.2, 0.25) is 10.0 Å². The minimum atomic E-state index is -4.42. The van der Waals surface area contributed by atoms with Crippen molar-refractivity contribution >= 4 is 45.4 Å². The summed E-state index contributed by atoms with van der Waals surface area (Å²) in [5.41, 5.74) is 2.35. The quantitative estimate of drug-likeness (QED) is 0.493. The number of rotatable bonds is 4. The molecule has 0 spiro atoms. The first-order chi connectivity index (χ1) is 10.3. The molecule has 1 aromatic carbocycles. The van der Waals surface area contributed by atoms with Crippen LogP contribution >= 0.6 is 23.2 Å². The van der Waals surface area contributed by atoms with E-state index in [0.29, 0.717) is 5.02 Å². The van der Waals surface area contributed by atoms with E-state index >= 15 is 0 Å². The average molecular weight is 363 g/mol. The Morgan fingerprint density at radius 2 is 2.00 bits per heavy atom. The van der Waals surface area contributed by atoms with Crippen molar-refractivity contribution in [2.24, 2.45) is 5.10 Å². The summed E-state index contributed by atoms with van der Waals surface area (Å²) >= 11 is 11.6. The maximum absolute atomic E-state index is 11.8. The van der Waals surface area contributed by atoms with Crippen molar-refractivity contribution < 1.29 is 22.2 Å². The Kier molecular flexibility index (Phi) is 4.87. The van der Waals surface area contributed by atoms with Gasteiger partial charge >= 0.3 is 10.1 Å². The number of amides is 1. The number of halogens is 2. The van der Waals surface area contributed by atoms with Crippen LogP contribution in [0.3, 0.4) is 0 Å². The van der Waals surface area contributed by atoms with Crippen molar-refractivity contribution in [2.75, 3.05) is 0 Å². The molecule has 0 saturated carbocycles. The fourth-order valence-corrected chi connectivity index (χ4v) is 2.37. The Hall–Kier alpha value is -1.87. The molecule has 2 N–H and O–H groups in total. The predicted molar refractivity (Wildman–Crippen MR) is 80.0 cm³/mol. The van der Waals surface area contributed by atoms with Crippen LogP contribution < -0.4 is 5.43 Å². The molecule has 0 aliphatic rings. The van der Waals surface area contributed by atoms with Gasteiger partial charge in [0.1, 0.15) is 5.76 Å². The molecule has 7 nitrogen and oxygen atoms in total. The van der Waals surface area contributed by atoms with Crippen LogP contribution in [0.25, 0.3) is 0 Å². The Bertz CT molecular complexity index is 845. The Morgan fingerprint density at radius 1 is 1.27 bits per heavy atom. The molecule has 0 fully saturated rings. The fraction of sp³-hybridized carbons (Fsp3) is 0. The van der Waals surface area contributed by atoms with E-state index in [1.807, 2.05) is 0 Å². The first kappa shape index (κ1) is 16.5. The van der Waals surface area contributed by atoms with Crippen LogP contribution in [0.4, 0.5) is 0 Å². The highest BCUT2D eigenvalue weighted by molar-refractivity contribution is 7.85. The lowest BCUT2D eigenvalue weighted by molar-refractivity contribution is 0.0955. The molecule has 1 heterocycles. The van der Waals surface area contributed by atoms with Gasteiger partial charge in [0.05, 0.1) is 16.8 Å². The zero-order valence-corrected chi connectivity index (χ0v) is 13.0. The van der Waals surface area contributed by atoms with Crippen molar-refractivity contribution in [3.8, 4) is 0 Å². The van der Waals surface area contributed by atoms with E-state index in [1.165, 1.54) is 24.3 Å². The zero-order chi connectivity index (χ0) is 16.3. The van der Waals surface area contributed by atoms with Crippen LogP contribution in [-0.2, 0) is 10.1 Å². The first-order valence-electron chi connectivity index (χ1n) is 5.63. The standard InChI is InChI=1S/C12H8Cl2N2O5S/c13-7-1-3-9(10(14)5-7)12(17)16-15-6-8-2-4-11(21-8)22(18,19)20/h1-6H,(H,16,17)(H,18,19,20)/b15-6-. The molecule has 2 rings (SSSR count). The van der Waals surface area contributed by atoms with E-state index in [0.717, 1.165) is 12.3 Å². The van der Waals surface area contributed by atoms with E-state index in [9.17, 15) is 13.2 Å². The summed E-state index contributed by atoms with van der Waals surface area (Å²) < 4.78 is 35.1. The maximum Gasteiger partial charge on any atom is 0.328 e. The van der Waals surface area contributed by atoms with E-state index in [1.54, 1.807) is 0 Å². The molecule has 0 aliphatic carbocycles. The molecule has 22 heavy (non-hydrogen) atoms. The molecule has 1 aromatic heterocycles. The largest absolute Gasteiger partial charge is 0.441 e. The average Bonchev–Trinajstić information content (AvgIpc) is 2.87. The van der Waals surface area contributed by atoms with Crippen molar-refractivity contribution in [3.05, 3.63) is 51.7 Å². The minimum absolute atomic E-state index is 0.0233. The number of carbonyl (C=O) groups excluding carboxylic acids is 1. The third kappa shape index (κ3) is 4.08. The van der Waals surface area contributed by atoms with Gasteiger partial charge in [0.15, 0.2) is 0 Å². The van der Waals surface area contributed by atoms with E-state index in [4.69, 9.17) is 32.2 Å². The summed E-state index contributed by atoms with van der Waals surface area (Å²) in [4.78, 5) is 11.8. The van der Waals surface area contributed by atoms with Gasteiger partial charge in [-0.25, -0.2) is 5.43 Å². The number of benzene rings is 1. The second kappa shape index (κ2) is 6.49. The number of hydrogen-bond donors (Lipinski definition) is 2. The summed E-state index contributed by atoms with van der Waals surface area (Å²) in [6.07, 6.45) is 1.07. The summed E-state index contributed by atoms with van der Waals surface area (Å²) in [6.45, 7) is 0. The molecule has 116 valence electrons.